The van der Waals surface area contributed by atoms with Crippen molar-refractivity contribution in [2.45, 2.75) is 39.0 Å². The fraction of sp³-hybridized carbons (Fsp3) is 0.500. The van der Waals surface area contributed by atoms with Crippen molar-refractivity contribution in [2.24, 2.45) is 0 Å². The predicted octanol–water partition coefficient (Wildman–Crippen LogP) is 4.44. The minimum atomic E-state index is -0.544. The second-order valence-electron chi connectivity index (χ2n) is 7.53. The average molecular weight is 371 g/mol. The van der Waals surface area contributed by atoms with E-state index in [4.69, 9.17) is 4.98 Å². The first-order valence-corrected chi connectivity index (χ1v) is 10.1. The Morgan fingerprint density at radius 1 is 0.963 bits per heavy atom. The van der Waals surface area contributed by atoms with Crippen LogP contribution in [0.5, 0.6) is 0 Å². The van der Waals surface area contributed by atoms with Crippen LogP contribution in [0.4, 0.5) is 14.5 Å². The molecule has 0 bridgehead atoms. The highest BCUT2D eigenvalue weighted by Gasteiger charge is 2.24. The van der Waals surface area contributed by atoms with Crippen LogP contribution in [-0.2, 0) is 12.8 Å². The summed E-state index contributed by atoms with van der Waals surface area (Å²) in [7, 11) is 0. The van der Waals surface area contributed by atoms with Gasteiger partial charge in [-0.15, -0.1) is 0 Å². The van der Waals surface area contributed by atoms with Crippen LogP contribution in [0.1, 0.15) is 37.4 Å². The maximum Gasteiger partial charge on any atom is 0.135 e. The van der Waals surface area contributed by atoms with E-state index in [9.17, 15) is 8.78 Å². The van der Waals surface area contributed by atoms with Crippen LogP contribution in [0.15, 0.2) is 24.3 Å². The van der Waals surface area contributed by atoms with Gasteiger partial charge in [0.2, 0.25) is 0 Å². The highest BCUT2D eigenvalue weighted by Crippen LogP contribution is 2.35. The van der Waals surface area contributed by atoms with Crippen LogP contribution >= 0.6 is 0 Å². The van der Waals surface area contributed by atoms with Gasteiger partial charge in [0.15, 0.2) is 0 Å². The Balaban J connectivity index is 1.79. The van der Waals surface area contributed by atoms with Crippen molar-refractivity contribution >= 4 is 5.69 Å². The number of halogens is 2. The van der Waals surface area contributed by atoms with Crippen molar-refractivity contribution in [1.82, 2.24) is 9.88 Å². The lowest BCUT2D eigenvalue weighted by Crippen LogP contribution is -2.46. The molecule has 0 spiro atoms. The fourth-order valence-electron chi connectivity index (χ4n) is 4.32. The third-order valence-corrected chi connectivity index (χ3v) is 5.91. The Morgan fingerprint density at radius 2 is 1.67 bits per heavy atom. The van der Waals surface area contributed by atoms with E-state index in [1.54, 1.807) is 0 Å². The molecule has 5 heteroatoms. The van der Waals surface area contributed by atoms with E-state index in [1.165, 1.54) is 30.2 Å². The van der Waals surface area contributed by atoms with Gasteiger partial charge in [0.1, 0.15) is 11.6 Å². The van der Waals surface area contributed by atoms with Gasteiger partial charge in [-0.1, -0.05) is 19.4 Å². The molecule has 4 rings (SSSR count). The molecule has 0 saturated carbocycles. The molecule has 0 atom stereocenters. The van der Waals surface area contributed by atoms with Gasteiger partial charge in [-0.25, -0.2) is 8.78 Å². The summed E-state index contributed by atoms with van der Waals surface area (Å²) in [6.07, 6.45) is 5.33. The molecule has 1 aliphatic carbocycles. The molecular formula is C22H27F2N3. The first-order valence-electron chi connectivity index (χ1n) is 10.1. The summed E-state index contributed by atoms with van der Waals surface area (Å²) < 4.78 is 28.8. The molecule has 1 aliphatic heterocycles. The van der Waals surface area contributed by atoms with Crippen LogP contribution in [0.3, 0.4) is 0 Å². The number of likely N-dealkylation sites (N-methyl/N-ethyl adjacent to an activating group) is 1. The van der Waals surface area contributed by atoms with Crippen LogP contribution < -0.4 is 4.90 Å². The number of aryl methyl sites for hydroxylation is 1. The molecule has 2 aromatic rings. The highest BCUT2D eigenvalue weighted by molar-refractivity contribution is 5.69. The maximum atomic E-state index is 14.4. The minimum Gasteiger partial charge on any atom is -0.369 e. The SMILES string of the molecule is CCN1CCN(c2cc(-c3c(F)cccc3F)nc3c2CCCCC3)CC1. The zero-order valence-corrected chi connectivity index (χ0v) is 16.0. The Labute approximate surface area is 160 Å². The molecule has 2 heterocycles. The lowest BCUT2D eigenvalue weighted by atomic mass is 10.0. The number of hydrogen-bond acceptors (Lipinski definition) is 3. The number of aromatic nitrogens is 1. The standard InChI is InChI=1S/C22H27F2N3/c1-2-26-11-13-27(14-12-26)21-15-20(22-17(23)8-6-9-18(22)24)25-19-10-5-3-4-7-16(19)21/h6,8-9,15H,2-5,7,10-14H2,1H3. The van der Waals surface area contributed by atoms with E-state index in [1.807, 2.05) is 6.07 Å². The summed E-state index contributed by atoms with van der Waals surface area (Å²) in [5.41, 5.74) is 3.88. The number of rotatable bonds is 3. The molecule has 144 valence electrons. The molecule has 1 aromatic heterocycles. The molecule has 3 nitrogen and oxygen atoms in total. The van der Waals surface area contributed by atoms with Crippen molar-refractivity contribution in [3.05, 3.63) is 47.2 Å². The maximum absolute atomic E-state index is 14.4. The van der Waals surface area contributed by atoms with Crippen molar-refractivity contribution in [2.75, 3.05) is 37.6 Å². The van der Waals surface area contributed by atoms with Crippen LogP contribution in [0, 0.1) is 11.6 Å². The quantitative estimate of drug-likeness (QED) is 0.744. The number of hydrogen-bond donors (Lipinski definition) is 0. The summed E-state index contributed by atoms with van der Waals surface area (Å²) >= 11 is 0. The molecule has 1 aromatic carbocycles. The van der Waals surface area contributed by atoms with Crippen molar-refractivity contribution in [3.8, 4) is 11.3 Å². The summed E-state index contributed by atoms with van der Waals surface area (Å²) in [5, 5.41) is 0. The van der Waals surface area contributed by atoms with E-state index in [0.29, 0.717) is 5.69 Å². The zero-order valence-electron chi connectivity index (χ0n) is 16.0. The van der Waals surface area contributed by atoms with Crippen LogP contribution in [0.25, 0.3) is 11.3 Å². The smallest absolute Gasteiger partial charge is 0.135 e. The minimum absolute atomic E-state index is 0.00186. The molecule has 0 N–H and O–H groups in total. The Bertz CT molecular complexity index is 793. The second kappa shape index (κ2) is 7.93. The lowest BCUT2D eigenvalue weighted by Gasteiger charge is -2.37. The summed E-state index contributed by atoms with van der Waals surface area (Å²) in [5.74, 6) is -1.09. The fourth-order valence-corrected chi connectivity index (χ4v) is 4.32. The van der Waals surface area contributed by atoms with E-state index >= 15 is 0 Å². The zero-order chi connectivity index (χ0) is 18.8. The molecule has 27 heavy (non-hydrogen) atoms. The van der Waals surface area contributed by atoms with E-state index < -0.39 is 11.6 Å². The number of anilines is 1. The highest BCUT2D eigenvalue weighted by atomic mass is 19.1. The van der Waals surface area contributed by atoms with Crippen molar-refractivity contribution < 1.29 is 8.78 Å². The van der Waals surface area contributed by atoms with Gasteiger partial charge >= 0.3 is 0 Å². The monoisotopic (exact) mass is 371 g/mol. The normalized spacial score (nSPS) is 18.3. The molecular weight excluding hydrogens is 344 g/mol. The van der Waals surface area contributed by atoms with Gasteiger partial charge in [0.05, 0.1) is 11.3 Å². The second-order valence-corrected chi connectivity index (χ2v) is 7.53. The summed E-state index contributed by atoms with van der Waals surface area (Å²) in [6.45, 7) is 7.20. The first-order chi connectivity index (χ1) is 13.2. The number of pyridine rings is 1. The van der Waals surface area contributed by atoms with Crippen LogP contribution in [0.2, 0.25) is 0 Å². The van der Waals surface area contributed by atoms with Crippen LogP contribution in [-0.4, -0.2) is 42.6 Å². The van der Waals surface area contributed by atoms with Crippen molar-refractivity contribution in [3.63, 3.8) is 0 Å². The molecule has 1 fully saturated rings. The Hall–Kier alpha value is -2.01. The van der Waals surface area contributed by atoms with E-state index in [0.717, 1.165) is 69.8 Å². The van der Waals surface area contributed by atoms with Crippen molar-refractivity contribution in [1.29, 1.82) is 0 Å². The largest absolute Gasteiger partial charge is 0.369 e. The van der Waals surface area contributed by atoms with Gasteiger partial charge in [-0.2, -0.15) is 0 Å². The Kier molecular flexibility index (Phi) is 5.39. The third kappa shape index (κ3) is 3.70. The van der Waals surface area contributed by atoms with Gasteiger partial charge in [0.25, 0.3) is 0 Å². The average Bonchev–Trinajstić information content (AvgIpc) is 2.93. The van der Waals surface area contributed by atoms with E-state index in [-0.39, 0.29) is 5.56 Å². The predicted molar refractivity (Wildman–Crippen MR) is 105 cm³/mol. The van der Waals surface area contributed by atoms with Gasteiger partial charge in [0, 0.05) is 37.6 Å². The third-order valence-electron chi connectivity index (χ3n) is 5.91. The molecule has 0 unspecified atom stereocenters. The molecule has 1 saturated heterocycles. The summed E-state index contributed by atoms with van der Waals surface area (Å²) in [4.78, 5) is 9.56. The Morgan fingerprint density at radius 3 is 2.37 bits per heavy atom. The van der Waals surface area contributed by atoms with E-state index in [2.05, 4.69) is 16.7 Å². The topological polar surface area (TPSA) is 19.4 Å². The first kappa shape index (κ1) is 18.4. The molecule has 0 amide bonds. The number of nitrogens with zero attached hydrogens (tertiary/aromatic N) is 3. The molecule has 0 radical (unpaired) electrons. The molecule has 2 aliphatic rings. The van der Waals surface area contributed by atoms with Gasteiger partial charge in [-0.05, 0) is 56.0 Å². The lowest BCUT2D eigenvalue weighted by molar-refractivity contribution is 0.271. The number of benzene rings is 1. The van der Waals surface area contributed by atoms with Gasteiger partial charge < -0.3 is 9.80 Å². The summed E-state index contributed by atoms with van der Waals surface area (Å²) in [6, 6.07) is 5.95. The van der Waals surface area contributed by atoms with Gasteiger partial charge in [-0.3, -0.25) is 4.98 Å². The number of fused-ring (bicyclic) bond motifs is 1. The number of piperazine rings is 1.